The van der Waals surface area contributed by atoms with E-state index in [1.54, 1.807) is 60.7 Å². The predicted molar refractivity (Wildman–Crippen MR) is 240 cm³/mol. The van der Waals surface area contributed by atoms with Crippen LogP contribution >= 0.6 is 0 Å². The number of aliphatic imine (C=N–C) groups is 1. The number of para-hydroxylation sites is 1. The highest BCUT2D eigenvalue weighted by Gasteiger charge is 2.57. The van der Waals surface area contributed by atoms with Crippen LogP contribution in [0, 0.1) is 0 Å². The second kappa shape index (κ2) is 20.3. The SMILES string of the molecule is CC(C)(C)[Si](OCC1O[C@@H](OC(=Nc2ccccc2)C(F)(F)F)C(OC(=O)c2ccccc2)C(OC(=O)c2ccccc2)[C@@H]1OC(=O)c1ccccc1)(c1ccccc1)c1ccccc1. The van der Waals surface area contributed by atoms with Gasteiger partial charge in [-0.2, -0.15) is 13.2 Å². The number of benzene rings is 6. The number of rotatable bonds is 13. The van der Waals surface area contributed by atoms with E-state index in [-0.39, 0.29) is 22.4 Å². The molecule has 1 saturated heterocycles. The molecule has 1 fully saturated rings. The summed E-state index contributed by atoms with van der Waals surface area (Å²) in [5.41, 5.74) is 0.0300. The Morgan fingerprint density at radius 2 is 0.892 bits per heavy atom. The van der Waals surface area contributed by atoms with E-state index in [0.717, 1.165) is 10.4 Å². The molecule has 14 heteroatoms. The van der Waals surface area contributed by atoms with Gasteiger partial charge in [0.25, 0.3) is 14.2 Å². The fourth-order valence-electron chi connectivity index (χ4n) is 7.66. The van der Waals surface area contributed by atoms with Crippen LogP contribution in [-0.4, -0.2) is 75.6 Å². The number of halogens is 3. The first-order chi connectivity index (χ1) is 31.2. The summed E-state index contributed by atoms with van der Waals surface area (Å²) >= 11 is 0. The molecular formula is C51H46F3NO9Si. The van der Waals surface area contributed by atoms with Gasteiger partial charge in [0.15, 0.2) is 12.2 Å². The van der Waals surface area contributed by atoms with Gasteiger partial charge in [0.1, 0.15) is 6.10 Å². The highest BCUT2D eigenvalue weighted by atomic mass is 28.4. The van der Waals surface area contributed by atoms with Crippen molar-refractivity contribution in [1.82, 2.24) is 0 Å². The summed E-state index contributed by atoms with van der Waals surface area (Å²) in [6, 6.07) is 49.7. The van der Waals surface area contributed by atoms with E-state index < -0.39 is 80.7 Å². The smallest absolute Gasteiger partial charge is 0.452 e. The molecule has 65 heavy (non-hydrogen) atoms. The van der Waals surface area contributed by atoms with Gasteiger partial charge in [-0.05, 0) is 63.9 Å². The van der Waals surface area contributed by atoms with Gasteiger partial charge in [-0.25, -0.2) is 19.4 Å². The Kier molecular flexibility index (Phi) is 14.4. The molecule has 0 bridgehead atoms. The van der Waals surface area contributed by atoms with Gasteiger partial charge in [0.2, 0.25) is 12.4 Å². The van der Waals surface area contributed by atoms with Gasteiger partial charge in [0, 0.05) is 0 Å². The molecule has 0 aromatic heterocycles. The van der Waals surface area contributed by atoms with Crippen LogP contribution in [0.15, 0.2) is 187 Å². The van der Waals surface area contributed by atoms with E-state index >= 15 is 13.2 Å². The Balaban J connectivity index is 1.41. The van der Waals surface area contributed by atoms with Gasteiger partial charge in [0.05, 0.1) is 29.0 Å². The van der Waals surface area contributed by atoms with Crippen molar-refractivity contribution in [3.63, 3.8) is 0 Å². The summed E-state index contributed by atoms with van der Waals surface area (Å²) in [6.45, 7) is 5.63. The highest BCUT2D eigenvalue weighted by Crippen LogP contribution is 2.39. The van der Waals surface area contributed by atoms with Crippen molar-refractivity contribution in [2.24, 2.45) is 4.99 Å². The maximum atomic E-state index is 15.1. The molecule has 7 rings (SSSR count). The topological polar surface area (TPSA) is 119 Å². The first kappa shape index (κ1) is 46.1. The minimum Gasteiger partial charge on any atom is -0.452 e. The first-order valence-electron chi connectivity index (χ1n) is 20.8. The summed E-state index contributed by atoms with van der Waals surface area (Å²) in [4.78, 5) is 46.1. The van der Waals surface area contributed by atoms with E-state index in [9.17, 15) is 14.4 Å². The molecule has 0 saturated carbocycles. The molecule has 0 aliphatic carbocycles. The normalized spacial score (nSPS) is 19.1. The Bertz CT molecular complexity index is 2490. The minimum atomic E-state index is -5.22. The molecule has 6 aromatic rings. The molecule has 334 valence electrons. The molecule has 0 radical (unpaired) electrons. The van der Waals surface area contributed by atoms with E-state index in [0.29, 0.717) is 0 Å². The monoisotopic (exact) mass is 901 g/mol. The zero-order chi connectivity index (χ0) is 46.0. The Labute approximate surface area is 375 Å². The third-order valence-corrected chi connectivity index (χ3v) is 15.7. The van der Waals surface area contributed by atoms with Crippen LogP contribution in [0.4, 0.5) is 18.9 Å². The lowest BCUT2D eigenvalue weighted by Crippen LogP contribution is -2.69. The zero-order valence-electron chi connectivity index (χ0n) is 35.7. The highest BCUT2D eigenvalue weighted by molar-refractivity contribution is 6.99. The van der Waals surface area contributed by atoms with E-state index in [1.807, 2.05) is 81.4 Å². The number of ether oxygens (including phenoxy) is 5. The summed E-state index contributed by atoms with van der Waals surface area (Å²) in [6.07, 6.45) is -14.5. The van der Waals surface area contributed by atoms with Crippen LogP contribution < -0.4 is 10.4 Å². The van der Waals surface area contributed by atoms with Crippen molar-refractivity contribution in [2.75, 3.05) is 6.61 Å². The average Bonchev–Trinajstić information content (AvgIpc) is 3.32. The predicted octanol–water partition coefficient (Wildman–Crippen LogP) is 9.27. The fraction of sp³-hybridized carbons (Fsp3) is 0.216. The van der Waals surface area contributed by atoms with Crippen molar-refractivity contribution in [3.8, 4) is 0 Å². The molecule has 1 aliphatic heterocycles. The van der Waals surface area contributed by atoms with E-state index in [4.69, 9.17) is 28.1 Å². The number of carbonyl (C=O) groups excluding carboxylic acids is 3. The maximum absolute atomic E-state index is 15.1. The molecule has 1 heterocycles. The van der Waals surface area contributed by atoms with E-state index in [2.05, 4.69) is 4.99 Å². The van der Waals surface area contributed by atoms with Crippen molar-refractivity contribution in [1.29, 1.82) is 0 Å². The van der Waals surface area contributed by atoms with Crippen LogP contribution in [-0.2, 0) is 28.1 Å². The van der Waals surface area contributed by atoms with Crippen LogP contribution in [0.5, 0.6) is 0 Å². The van der Waals surface area contributed by atoms with Gasteiger partial charge < -0.3 is 28.1 Å². The largest absolute Gasteiger partial charge is 0.468 e. The number of nitrogens with zero attached hydrogens (tertiary/aromatic N) is 1. The number of hydrogen-bond acceptors (Lipinski definition) is 10. The summed E-state index contributed by atoms with van der Waals surface area (Å²) in [5.74, 6) is -4.66. The average molecular weight is 902 g/mol. The Hall–Kier alpha value is -6.87. The maximum Gasteiger partial charge on any atom is 0.468 e. The second-order valence-electron chi connectivity index (χ2n) is 16.1. The standard InChI is InChI=1S/C51H46F3NO9Si/c1-50(2,3)65(39-30-18-8-19-31-39,40-32-20-9-21-33-40)59-34-41-42(61-45(56)35-22-10-4-11-23-35)43(62-46(57)36-24-12-5-13-25-36)44(63-47(58)37-26-14-6-15-27-37)48(60-41)64-49(51(52,53)54)55-38-28-16-7-17-29-38/h4-33,41-44,48H,34H2,1-3H3/t41?,42-,43?,44?,48+/m1/s1. The summed E-state index contributed by atoms with van der Waals surface area (Å²) in [5, 5.41) is 1.11. The third-order valence-electron chi connectivity index (χ3n) is 10.7. The van der Waals surface area contributed by atoms with Gasteiger partial charge in [-0.3, -0.25) is 0 Å². The zero-order valence-corrected chi connectivity index (χ0v) is 36.7. The van der Waals surface area contributed by atoms with Gasteiger partial charge >= 0.3 is 24.1 Å². The fourth-order valence-corrected chi connectivity index (χ4v) is 12.2. The summed E-state index contributed by atoms with van der Waals surface area (Å²) < 4.78 is 83.1. The van der Waals surface area contributed by atoms with Gasteiger partial charge in [-0.1, -0.05) is 154 Å². The molecule has 6 aromatic carbocycles. The van der Waals surface area contributed by atoms with Crippen molar-refractivity contribution in [2.45, 2.75) is 62.7 Å². The number of hydrogen-bond donors (Lipinski definition) is 0. The number of esters is 3. The number of alkyl halides is 3. The minimum absolute atomic E-state index is 0.00311. The van der Waals surface area contributed by atoms with Crippen LogP contribution in [0.1, 0.15) is 51.8 Å². The number of carbonyl (C=O) groups is 3. The summed E-state index contributed by atoms with van der Waals surface area (Å²) in [7, 11) is -3.45. The Morgan fingerprint density at radius 3 is 1.29 bits per heavy atom. The van der Waals surface area contributed by atoms with E-state index in [1.165, 1.54) is 60.7 Å². The quantitative estimate of drug-likeness (QED) is 0.0368. The van der Waals surface area contributed by atoms with Crippen LogP contribution in [0.25, 0.3) is 0 Å². The Morgan fingerprint density at radius 1 is 0.523 bits per heavy atom. The molecule has 0 N–H and O–H groups in total. The van der Waals surface area contributed by atoms with Crippen molar-refractivity contribution >= 4 is 48.2 Å². The molecular weight excluding hydrogens is 856 g/mol. The van der Waals surface area contributed by atoms with Gasteiger partial charge in [-0.15, -0.1) is 0 Å². The lowest BCUT2D eigenvalue weighted by atomic mass is 9.97. The molecule has 0 spiro atoms. The van der Waals surface area contributed by atoms with Crippen molar-refractivity contribution < 1.29 is 55.7 Å². The first-order valence-corrected chi connectivity index (χ1v) is 22.7. The lowest BCUT2D eigenvalue weighted by Gasteiger charge is -2.47. The van der Waals surface area contributed by atoms with Crippen LogP contribution in [0.3, 0.4) is 0 Å². The lowest BCUT2D eigenvalue weighted by molar-refractivity contribution is -0.282. The molecule has 3 unspecified atom stereocenters. The molecule has 10 nitrogen and oxygen atoms in total. The molecule has 5 atom stereocenters. The second-order valence-corrected chi connectivity index (χ2v) is 20.4. The molecule has 1 aliphatic rings. The third kappa shape index (κ3) is 10.9. The van der Waals surface area contributed by atoms with Crippen LogP contribution in [0.2, 0.25) is 5.04 Å². The van der Waals surface area contributed by atoms with Crippen molar-refractivity contribution in [3.05, 3.63) is 199 Å². The molecule has 0 amide bonds.